The molecule has 4 heteroatoms. The van der Waals surface area contributed by atoms with Crippen molar-refractivity contribution in [3.8, 4) is 22.8 Å². The van der Waals surface area contributed by atoms with E-state index in [2.05, 4.69) is 12.2 Å². The molecule has 1 N–H and O–H groups in total. The Morgan fingerprint density at radius 2 is 1.50 bits per heavy atom. The molecular formula is C30H22N2O2. The first-order chi connectivity index (χ1) is 16.6. The highest BCUT2D eigenvalue weighted by molar-refractivity contribution is 6.28. The monoisotopic (exact) mass is 442 g/mol. The van der Waals surface area contributed by atoms with E-state index in [1.54, 1.807) is 6.20 Å². The van der Waals surface area contributed by atoms with Crippen LogP contribution in [0.2, 0.25) is 0 Å². The quantitative estimate of drug-likeness (QED) is 0.305. The molecule has 34 heavy (non-hydrogen) atoms. The van der Waals surface area contributed by atoms with E-state index < -0.39 is 0 Å². The largest absolute Gasteiger partial charge is 0.457 e. The highest BCUT2D eigenvalue weighted by Crippen LogP contribution is 2.44. The summed E-state index contributed by atoms with van der Waals surface area (Å²) in [6, 6.07) is 27.6. The van der Waals surface area contributed by atoms with Crippen molar-refractivity contribution < 1.29 is 9.53 Å². The fourth-order valence-corrected chi connectivity index (χ4v) is 4.51. The molecule has 164 valence electrons. The van der Waals surface area contributed by atoms with E-state index in [0.717, 1.165) is 39.2 Å². The number of aryl methyl sites for hydroxylation is 2. The summed E-state index contributed by atoms with van der Waals surface area (Å²) in [7, 11) is 0. The Hall–Kier alpha value is -4.44. The Bertz CT molecular complexity index is 1570. The molecule has 4 nitrogen and oxygen atoms in total. The van der Waals surface area contributed by atoms with Gasteiger partial charge in [0.2, 0.25) is 0 Å². The van der Waals surface area contributed by atoms with E-state index in [9.17, 15) is 4.79 Å². The number of benzene rings is 4. The topological polar surface area (TPSA) is 51.2 Å². The molecule has 0 fully saturated rings. The van der Waals surface area contributed by atoms with E-state index in [0.29, 0.717) is 16.9 Å². The first-order valence-electron chi connectivity index (χ1n) is 11.3. The van der Waals surface area contributed by atoms with Gasteiger partial charge in [-0.25, -0.2) is 0 Å². The van der Waals surface area contributed by atoms with Gasteiger partial charge < -0.3 is 10.1 Å². The van der Waals surface area contributed by atoms with Crippen LogP contribution in [0.1, 0.15) is 27.0 Å². The molecule has 1 aliphatic rings. The van der Waals surface area contributed by atoms with Gasteiger partial charge in [-0.1, -0.05) is 47.5 Å². The smallest absolute Gasteiger partial charge is 0.196 e. The molecule has 1 aliphatic carbocycles. The second kappa shape index (κ2) is 7.85. The van der Waals surface area contributed by atoms with Crippen molar-refractivity contribution in [3.05, 3.63) is 113 Å². The standard InChI is InChI=1S/C30H22N2O2/c1-18-6-10-20(11-7-18)32-25-5-3-4-23-28(25)30(33)24-14-15-26(22-16-17-31-29(23)27(22)24)34-21-12-8-19(2)9-13-21/h3-17,32H,1-2H3. The summed E-state index contributed by atoms with van der Waals surface area (Å²) in [5, 5.41) is 5.13. The number of ketones is 1. The maximum Gasteiger partial charge on any atom is 0.196 e. The second-order valence-corrected chi connectivity index (χ2v) is 8.66. The number of ether oxygens (including phenoxy) is 1. The molecule has 0 saturated carbocycles. The number of hydrogen-bond acceptors (Lipinski definition) is 4. The number of carbonyl (C=O) groups is 1. The summed E-state index contributed by atoms with van der Waals surface area (Å²) in [5.41, 5.74) is 6.97. The lowest BCUT2D eigenvalue weighted by Crippen LogP contribution is -2.13. The van der Waals surface area contributed by atoms with E-state index >= 15 is 0 Å². The molecular weight excluding hydrogens is 420 g/mol. The molecule has 0 saturated heterocycles. The summed E-state index contributed by atoms with van der Waals surface area (Å²) in [6.45, 7) is 4.10. The Morgan fingerprint density at radius 1 is 0.765 bits per heavy atom. The highest BCUT2D eigenvalue weighted by atomic mass is 16.5. The van der Waals surface area contributed by atoms with Crippen LogP contribution >= 0.6 is 0 Å². The van der Waals surface area contributed by atoms with Gasteiger partial charge in [0.15, 0.2) is 5.78 Å². The van der Waals surface area contributed by atoms with Crippen molar-refractivity contribution in [1.82, 2.24) is 4.98 Å². The van der Waals surface area contributed by atoms with Crippen LogP contribution in [0.5, 0.6) is 11.5 Å². The Kier molecular flexibility index (Phi) is 4.66. The SMILES string of the molecule is Cc1ccc(Nc2cccc3c2C(=O)c2ccc(Oc4ccc(C)cc4)c4ccnc-3c24)cc1. The fraction of sp³-hybridized carbons (Fsp3) is 0.0667. The molecule has 0 atom stereocenters. The number of rotatable bonds is 4. The molecule has 0 aliphatic heterocycles. The third-order valence-electron chi connectivity index (χ3n) is 6.26. The zero-order chi connectivity index (χ0) is 23.2. The number of hydrogen-bond donors (Lipinski definition) is 1. The fourth-order valence-electron chi connectivity index (χ4n) is 4.51. The normalized spacial score (nSPS) is 11.9. The first kappa shape index (κ1) is 20.2. The van der Waals surface area contributed by atoms with Gasteiger partial charge in [0.1, 0.15) is 11.5 Å². The van der Waals surface area contributed by atoms with Gasteiger partial charge in [0, 0.05) is 33.8 Å². The average Bonchev–Trinajstić information content (AvgIpc) is 2.86. The van der Waals surface area contributed by atoms with E-state index in [1.165, 1.54) is 11.1 Å². The number of fused-ring (bicyclic) bond motifs is 2. The lowest BCUT2D eigenvalue weighted by atomic mass is 9.84. The Morgan fingerprint density at radius 3 is 2.26 bits per heavy atom. The van der Waals surface area contributed by atoms with Crippen LogP contribution in [0.25, 0.3) is 22.0 Å². The molecule has 0 bridgehead atoms. The van der Waals surface area contributed by atoms with Crippen molar-refractivity contribution in [2.24, 2.45) is 0 Å². The average molecular weight is 443 g/mol. The van der Waals surface area contributed by atoms with Crippen LogP contribution in [0.15, 0.2) is 91.1 Å². The number of nitrogens with zero attached hydrogens (tertiary/aromatic N) is 1. The molecule has 5 aromatic rings. The van der Waals surface area contributed by atoms with Gasteiger partial charge in [-0.2, -0.15) is 0 Å². The van der Waals surface area contributed by atoms with E-state index in [1.807, 2.05) is 91.9 Å². The summed E-state index contributed by atoms with van der Waals surface area (Å²) < 4.78 is 6.21. The summed E-state index contributed by atoms with van der Waals surface area (Å²) in [6.07, 6.45) is 1.78. The van der Waals surface area contributed by atoms with Gasteiger partial charge in [-0.15, -0.1) is 0 Å². The van der Waals surface area contributed by atoms with Crippen molar-refractivity contribution in [1.29, 1.82) is 0 Å². The number of nitrogens with one attached hydrogen (secondary N) is 1. The molecule has 4 aromatic carbocycles. The van der Waals surface area contributed by atoms with Crippen LogP contribution in [-0.2, 0) is 0 Å². The molecule has 1 heterocycles. The van der Waals surface area contributed by atoms with Crippen LogP contribution in [0.4, 0.5) is 11.4 Å². The summed E-state index contributed by atoms with van der Waals surface area (Å²) in [4.78, 5) is 18.5. The molecule has 6 rings (SSSR count). The lowest BCUT2D eigenvalue weighted by Gasteiger charge is -2.23. The van der Waals surface area contributed by atoms with Crippen LogP contribution < -0.4 is 10.1 Å². The maximum absolute atomic E-state index is 13.8. The van der Waals surface area contributed by atoms with Gasteiger partial charge in [-0.05, 0) is 62.4 Å². The summed E-state index contributed by atoms with van der Waals surface area (Å²) in [5.74, 6) is 1.44. The van der Waals surface area contributed by atoms with E-state index in [4.69, 9.17) is 9.72 Å². The number of anilines is 2. The van der Waals surface area contributed by atoms with Crippen molar-refractivity contribution >= 4 is 27.9 Å². The third kappa shape index (κ3) is 3.32. The predicted octanol–water partition coefficient (Wildman–Crippen LogP) is 7.60. The highest BCUT2D eigenvalue weighted by Gasteiger charge is 2.29. The lowest BCUT2D eigenvalue weighted by molar-refractivity contribution is 0.104. The Balaban J connectivity index is 1.49. The summed E-state index contributed by atoms with van der Waals surface area (Å²) >= 11 is 0. The minimum absolute atomic E-state index is 0.0161. The maximum atomic E-state index is 13.8. The molecule has 0 spiro atoms. The number of pyridine rings is 1. The molecule has 0 unspecified atom stereocenters. The van der Waals surface area contributed by atoms with Crippen LogP contribution in [0.3, 0.4) is 0 Å². The zero-order valence-corrected chi connectivity index (χ0v) is 18.9. The van der Waals surface area contributed by atoms with Crippen molar-refractivity contribution in [3.63, 3.8) is 0 Å². The van der Waals surface area contributed by atoms with E-state index in [-0.39, 0.29) is 5.78 Å². The van der Waals surface area contributed by atoms with Crippen LogP contribution in [-0.4, -0.2) is 10.8 Å². The molecule has 0 radical (unpaired) electrons. The minimum atomic E-state index is -0.0161. The second-order valence-electron chi connectivity index (χ2n) is 8.66. The molecule has 1 aromatic heterocycles. The third-order valence-corrected chi connectivity index (χ3v) is 6.26. The van der Waals surface area contributed by atoms with Crippen molar-refractivity contribution in [2.45, 2.75) is 13.8 Å². The van der Waals surface area contributed by atoms with Gasteiger partial charge in [-0.3, -0.25) is 9.78 Å². The van der Waals surface area contributed by atoms with Crippen LogP contribution in [0, 0.1) is 13.8 Å². The minimum Gasteiger partial charge on any atom is -0.457 e. The van der Waals surface area contributed by atoms with Gasteiger partial charge in [0.25, 0.3) is 0 Å². The zero-order valence-electron chi connectivity index (χ0n) is 18.9. The van der Waals surface area contributed by atoms with Gasteiger partial charge in [0.05, 0.1) is 16.9 Å². The first-order valence-corrected chi connectivity index (χ1v) is 11.3. The van der Waals surface area contributed by atoms with Crippen molar-refractivity contribution in [2.75, 3.05) is 5.32 Å². The number of carbonyl (C=O) groups excluding carboxylic acids is 1. The van der Waals surface area contributed by atoms with Gasteiger partial charge >= 0.3 is 0 Å². The predicted molar refractivity (Wildman–Crippen MR) is 136 cm³/mol. The molecule has 0 amide bonds. The number of aromatic nitrogens is 1. The Labute approximate surface area is 197 Å².